The van der Waals surface area contributed by atoms with Gasteiger partial charge in [-0.15, -0.1) is 0 Å². The maximum absolute atomic E-state index is 14.0. The molecule has 4 rings (SSSR count). The van der Waals surface area contributed by atoms with Gasteiger partial charge >= 0.3 is 5.69 Å². The van der Waals surface area contributed by atoms with Crippen LogP contribution in [0.2, 0.25) is 0 Å². The minimum Gasteiger partial charge on any atom is -0.356 e. The summed E-state index contributed by atoms with van der Waals surface area (Å²) in [5, 5.41) is 5.57. The standard InChI is InChI=1S/C28H27FN4O4/c1-2-3-16-30-25(34)17-19-12-14-20(15-13-19)33-27(36)21-8-4-7-11-24(21)32(28(33)37)18-26(35)31-23-10-6-5-9-22(23)29/h4-15H,2-3,16-18H2,1H3,(H,30,34)(H,31,35). The molecule has 37 heavy (non-hydrogen) atoms. The van der Waals surface area contributed by atoms with E-state index in [0.29, 0.717) is 12.2 Å². The zero-order valence-corrected chi connectivity index (χ0v) is 20.4. The van der Waals surface area contributed by atoms with E-state index >= 15 is 0 Å². The Hall–Kier alpha value is -4.53. The normalized spacial score (nSPS) is 10.9. The van der Waals surface area contributed by atoms with Gasteiger partial charge < -0.3 is 10.6 Å². The van der Waals surface area contributed by atoms with Crippen LogP contribution in [-0.4, -0.2) is 27.5 Å². The van der Waals surface area contributed by atoms with Gasteiger partial charge in [0.25, 0.3) is 5.56 Å². The smallest absolute Gasteiger partial charge is 0.336 e. The summed E-state index contributed by atoms with van der Waals surface area (Å²) in [4.78, 5) is 51.6. The molecule has 0 saturated heterocycles. The summed E-state index contributed by atoms with van der Waals surface area (Å²) < 4.78 is 16.2. The predicted octanol–water partition coefficient (Wildman–Crippen LogP) is 3.39. The molecular weight excluding hydrogens is 475 g/mol. The lowest BCUT2D eigenvalue weighted by Gasteiger charge is -2.15. The van der Waals surface area contributed by atoms with E-state index < -0.39 is 29.5 Å². The van der Waals surface area contributed by atoms with Crippen molar-refractivity contribution in [3.05, 3.63) is 105 Å². The number of unbranched alkanes of at least 4 members (excludes halogenated alkanes) is 1. The Bertz CT molecular complexity index is 1560. The van der Waals surface area contributed by atoms with Crippen molar-refractivity contribution in [2.45, 2.75) is 32.7 Å². The molecule has 0 aliphatic heterocycles. The largest absolute Gasteiger partial charge is 0.356 e. The molecule has 0 unspecified atom stereocenters. The summed E-state index contributed by atoms with van der Waals surface area (Å²) in [5.74, 6) is -1.32. The molecule has 0 bridgehead atoms. The summed E-state index contributed by atoms with van der Waals surface area (Å²) >= 11 is 0. The average Bonchev–Trinajstić information content (AvgIpc) is 2.89. The monoisotopic (exact) mass is 502 g/mol. The number of carbonyl (C=O) groups excluding carboxylic acids is 2. The number of rotatable bonds is 9. The lowest BCUT2D eigenvalue weighted by molar-refractivity contribution is -0.120. The minimum absolute atomic E-state index is 0.00695. The fourth-order valence-electron chi connectivity index (χ4n) is 4.01. The van der Waals surface area contributed by atoms with Crippen LogP contribution >= 0.6 is 0 Å². The molecular formula is C28H27FN4O4. The summed E-state index contributed by atoms with van der Waals surface area (Å²) in [7, 11) is 0. The van der Waals surface area contributed by atoms with E-state index in [-0.39, 0.29) is 28.9 Å². The van der Waals surface area contributed by atoms with Crippen molar-refractivity contribution in [1.82, 2.24) is 14.5 Å². The summed E-state index contributed by atoms with van der Waals surface area (Å²) in [6, 6.07) is 18.8. The molecule has 0 atom stereocenters. The minimum atomic E-state index is -0.711. The molecule has 1 aromatic heterocycles. The summed E-state index contributed by atoms with van der Waals surface area (Å²) in [5.41, 5.74) is 0.0782. The van der Waals surface area contributed by atoms with E-state index in [1.54, 1.807) is 54.6 Å². The molecule has 0 aliphatic carbocycles. The highest BCUT2D eigenvalue weighted by Gasteiger charge is 2.17. The number of amides is 2. The SMILES string of the molecule is CCCCNC(=O)Cc1ccc(-n2c(=O)c3ccccc3n(CC(=O)Nc3ccccc3F)c2=O)cc1. The lowest BCUT2D eigenvalue weighted by Crippen LogP contribution is -2.40. The fraction of sp³-hybridized carbons (Fsp3) is 0.214. The molecule has 9 heteroatoms. The van der Waals surface area contributed by atoms with Crippen molar-refractivity contribution in [3.8, 4) is 5.69 Å². The molecule has 0 radical (unpaired) electrons. The van der Waals surface area contributed by atoms with Crippen LogP contribution in [0.5, 0.6) is 0 Å². The van der Waals surface area contributed by atoms with Crippen LogP contribution in [0, 0.1) is 5.82 Å². The zero-order chi connectivity index (χ0) is 26.4. The van der Waals surface area contributed by atoms with E-state index in [1.807, 2.05) is 6.92 Å². The van der Waals surface area contributed by atoms with Crippen LogP contribution < -0.4 is 21.9 Å². The summed E-state index contributed by atoms with van der Waals surface area (Å²) in [6.07, 6.45) is 2.06. The van der Waals surface area contributed by atoms with Crippen LogP contribution in [0.3, 0.4) is 0 Å². The maximum Gasteiger partial charge on any atom is 0.336 e. The molecule has 190 valence electrons. The number of anilines is 1. The van der Waals surface area contributed by atoms with Gasteiger partial charge in [0.15, 0.2) is 0 Å². The van der Waals surface area contributed by atoms with Crippen molar-refractivity contribution in [2.24, 2.45) is 0 Å². The molecule has 2 amide bonds. The highest BCUT2D eigenvalue weighted by molar-refractivity contribution is 5.91. The third-order valence-electron chi connectivity index (χ3n) is 5.91. The van der Waals surface area contributed by atoms with Gasteiger partial charge in [0.2, 0.25) is 11.8 Å². The van der Waals surface area contributed by atoms with Gasteiger partial charge in [-0.2, -0.15) is 0 Å². The Balaban J connectivity index is 1.66. The molecule has 2 N–H and O–H groups in total. The Morgan fingerprint density at radius 2 is 1.59 bits per heavy atom. The third kappa shape index (κ3) is 5.83. The van der Waals surface area contributed by atoms with Gasteiger partial charge in [-0.05, 0) is 48.4 Å². The van der Waals surface area contributed by atoms with Crippen LogP contribution in [0.4, 0.5) is 10.1 Å². The van der Waals surface area contributed by atoms with Crippen molar-refractivity contribution < 1.29 is 14.0 Å². The Kier molecular flexibility index (Phi) is 7.92. The number of halogens is 1. The number of aromatic nitrogens is 2. The molecule has 0 aliphatic rings. The van der Waals surface area contributed by atoms with Gasteiger partial charge in [-0.1, -0.05) is 49.7 Å². The van der Waals surface area contributed by atoms with Gasteiger partial charge in [-0.3, -0.25) is 19.0 Å². The molecule has 0 spiro atoms. The van der Waals surface area contributed by atoms with Gasteiger partial charge in [-0.25, -0.2) is 13.8 Å². The second-order valence-electron chi connectivity index (χ2n) is 8.60. The quantitative estimate of drug-likeness (QED) is 0.343. The fourth-order valence-corrected chi connectivity index (χ4v) is 4.01. The number of nitrogens with zero attached hydrogens (tertiary/aromatic N) is 2. The molecule has 4 aromatic rings. The number of fused-ring (bicyclic) bond motifs is 1. The molecule has 1 heterocycles. The van der Waals surface area contributed by atoms with Crippen molar-refractivity contribution in [2.75, 3.05) is 11.9 Å². The number of nitrogens with one attached hydrogen (secondary N) is 2. The first-order chi connectivity index (χ1) is 17.9. The van der Waals surface area contributed by atoms with Gasteiger partial charge in [0.1, 0.15) is 12.4 Å². The van der Waals surface area contributed by atoms with E-state index in [2.05, 4.69) is 10.6 Å². The molecule has 3 aromatic carbocycles. The number of carbonyl (C=O) groups is 2. The lowest BCUT2D eigenvalue weighted by atomic mass is 10.1. The second-order valence-corrected chi connectivity index (χ2v) is 8.60. The number of benzene rings is 3. The third-order valence-corrected chi connectivity index (χ3v) is 5.91. The number of para-hydroxylation sites is 2. The zero-order valence-electron chi connectivity index (χ0n) is 20.4. The highest BCUT2D eigenvalue weighted by Crippen LogP contribution is 2.14. The van der Waals surface area contributed by atoms with Crippen LogP contribution in [0.25, 0.3) is 16.6 Å². The van der Waals surface area contributed by atoms with Crippen LogP contribution in [0.1, 0.15) is 25.3 Å². The van der Waals surface area contributed by atoms with Crippen LogP contribution in [-0.2, 0) is 22.6 Å². The predicted molar refractivity (Wildman–Crippen MR) is 140 cm³/mol. The van der Waals surface area contributed by atoms with E-state index in [1.165, 1.54) is 22.8 Å². The van der Waals surface area contributed by atoms with Crippen molar-refractivity contribution in [1.29, 1.82) is 0 Å². The van der Waals surface area contributed by atoms with E-state index in [4.69, 9.17) is 0 Å². The Labute approximate surface area is 212 Å². The van der Waals surface area contributed by atoms with Gasteiger partial charge in [0, 0.05) is 6.54 Å². The second kappa shape index (κ2) is 11.5. The number of hydrogen-bond acceptors (Lipinski definition) is 4. The first-order valence-corrected chi connectivity index (χ1v) is 12.0. The Morgan fingerprint density at radius 1 is 0.892 bits per heavy atom. The highest BCUT2D eigenvalue weighted by atomic mass is 19.1. The molecule has 8 nitrogen and oxygen atoms in total. The summed E-state index contributed by atoms with van der Waals surface area (Å²) in [6.45, 7) is 2.23. The Morgan fingerprint density at radius 3 is 2.32 bits per heavy atom. The van der Waals surface area contributed by atoms with E-state index in [0.717, 1.165) is 23.0 Å². The first kappa shape index (κ1) is 25.6. The number of hydrogen-bond donors (Lipinski definition) is 2. The van der Waals surface area contributed by atoms with E-state index in [9.17, 15) is 23.6 Å². The van der Waals surface area contributed by atoms with Gasteiger partial charge in [0.05, 0.1) is 28.7 Å². The topological polar surface area (TPSA) is 102 Å². The first-order valence-electron chi connectivity index (χ1n) is 12.0. The van der Waals surface area contributed by atoms with Crippen molar-refractivity contribution in [3.63, 3.8) is 0 Å². The molecule has 0 saturated carbocycles. The average molecular weight is 503 g/mol. The maximum atomic E-state index is 14.0. The molecule has 0 fully saturated rings. The van der Waals surface area contributed by atoms with Crippen LogP contribution in [0.15, 0.2) is 82.4 Å². The van der Waals surface area contributed by atoms with Crippen molar-refractivity contribution >= 4 is 28.4 Å².